The average Bonchev–Trinajstić information content (AvgIpc) is 2.32. The Hall–Kier alpha value is -0.730. The number of carbonyl (C=O) groups excluding carboxylic acids is 1. The molecule has 0 rings (SSSR count). The summed E-state index contributed by atoms with van der Waals surface area (Å²) in [5, 5.41) is 0. The van der Waals surface area contributed by atoms with Crippen LogP contribution in [0.3, 0.4) is 0 Å². The Morgan fingerprint density at radius 1 is 1.50 bits per heavy atom. The highest BCUT2D eigenvalue weighted by atomic mass is 32.2. The molecule has 0 bridgehead atoms. The molecule has 0 amide bonds. The first kappa shape index (κ1) is 17.3. The van der Waals surface area contributed by atoms with Gasteiger partial charge in [0.2, 0.25) is 10.0 Å². The van der Waals surface area contributed by atoms with Gasteiger partial charge in [0.05, 0.1) is 24.3 Å². The highest BCUT2D eigenvalue weighted by Crippen LogP contribution is 2.08. The van der Waals surface area contributed by atoms with E-state index in [1.54, 1.807) is 13.8 Å². The maximum Gasteiger partial charge on any atom is 0.306 e. The molecule has 0 fully saturated rings. The fraction of sp³-hybridized carbons (Fsp3) is 0.800. The van der Waals surface area contributed by atoms with Gasteiger partial charge in [0, 0.05) is 19.0 Å². The Morgan fingerprint density at radius 2 is 2.06 bits per heavy atom. The zero-order chi connectivity index (χ0) is 14.3. The van der Waals surface area contributed by atoms with Crippen molar-refractivity contribution >= 4 is 33.2 Å². The Bertz CT molecular complexity index is 395. The average molecular weight is 296 g/mol. The van der Waals surface area contributed by atoms with E-state index in [2.05, 4.69) is 4.74 Å². The number of hydrogen-bond donors (Lipinski definition) is 1. The molecule has 0 aliphatic carbocycles. The van der Waals surface area contributed by atoms with Crippen LogP contribution >= 0.6 is 12.2 Å². The van der Waals surface area contributed by atoms with Crippen LogP contribution in [0.5, 0.6) is 0 Å². The van der Waals surface area contributed by atoms with Crippen LogP contribution in [0.1, 0.15) is 20.3 Å². The third-order valence-corrected chi connectivity index (χ3v) is 4.82. The van der Waals surface area contributed by atoms with Crippen LogP contribution in [-0.2, 0) is 19.6 Å². The van der Waals surface area contributed by atoms with E-state index in [9.17, 15) is 13.2 Å². The molecule has 0 aliphatic rings. The van der Waals surface area contributed by atoms with E-state index in [4.69, 9.17) is 18.0 Å². The molecule has 1 unspecified atom stereocenters. The topological polar surface area (TPSA) is 89.7 Å². The van der Waals surface area contributed by atoms with Crippen molar-refractivity contribution in [2.24, 2.45) is 11.7 Å². The smallest absolute Gasteiger partial charge is 0.306 e. The first-order valence-corrected chi connectivity index (χ1v) is 7.60. The molecule has 0 aromatic rings. The number of hydrogen-bond acceptors (Lipinski definition) is 5. The molecule has 0 aromatic heterocycles. The lowest BCUT2D eigenvalue weighted by molar-refractivity contribution is -0.140. The van der Waals surface area contributed by atoms with E-state index >= 15 is 0 Å². The van der Waals surface area contributed by atoms with Gasteiger partial charge < -0.3 is 10.5 Å². The second-order valence-electron chi connectivity index (χ2n) is 3.90. The summed E-state index contributed by atoms with van der Waals surface area (Å²) in [4.78, 5) is 11.2. The normalized spacial score (nSPS) is 13.3. The van der Waals surface area contributed by atoms with Crippen LogP contribution in [-0.4, -0.2) is 49.6 Å². The molecule has 1 atom stereocenters. The van der Waals surface area contributed by atoms with Gasteiger partial charge in [-0.05, 0) is 0 Å². The Labute approximate surface area is 114 Å². The number of rotatable bonds is 8. The van der Waals surface area contributed by atoms with Gasteiger partial charge in [-0.3, -0.25) is 4.79 Å². The minimum Gasteiger partial charge on any atom is -0.469 e. The number of esters is 1. The first-order valence-electron chi connectivity index (χ1n) is 5.58. The quantitative estimate of drug-likeness (QED) is 0.505. The number of nitrogens with two attached hydrogens (primary N) is 1. The summed E-state index contributed by atoms with van der Waals surface area (Å²) in [5.41, 5.74) is 5.46. The van der Waals surface area contributed by atoms with Gasteiger partial charge in [-0.15, -0.1) is 0 Å². The zero-order valence-corrected chi connectivity index (χ0v) is 12.5. The van der Waals surface area contributed by atoms with E-state index < -0.39 is 16.0 Å². The maximum absolute atomic E-state index is 12.0. The number of sulfonamides is 1. The van der Waals surface area contributed by atoms with Crippen molar-refractivity contribution in [3.05, 3.63) is 0 Å². The van der Waals surface area contributed by atoms with Crippen LogP contribution in [0.2, 0.25) is 0 Å². The minimum atomic E-state index is -3.49. The molecule has 2 N–H and O–H groups in total. The van der Waals surface area contributed by atoms with Gasteiger partial charge in [0.15, 0.2) is 0 Å². The minimum absolute atomic E-state index is 0.156. The van der Waals surface area contributed by atoms with Gasteiger partial charge in [0.25, 0.3) is 0 Å². The van der Waals surface area contributed by atoms with E-state index in [1.807, 2.05) is 0 Å². The largest absolute Gasteiger partial charge is 0.469 e. The molecular formula is C10H20N2O4S2. The summed E-state index contributed by atoms with van der Waals surface area (Å²) in [5.74, 6) is -1.01. The molecule has 0 saturated heterocycles. The lowest BCUT2D eigenvalue weighted by Gasteiger charge is -2.23. The fourth-order valence-corrected chi connectivity index (χ4v) is 2.88. The predicted octanol–water partition coefficient (Wildman–Crippen LogP) is 0.123. The predicted molar refractivity (Wildman–Crippen MR) is 73.6 cm³/mol. The van der Waals surface area contributed by atoms with Crippen LogP contribution in [0.25, 0.3) is 0 Å². The third-order valence-electron chi connectivity index (χ3n) is 2.50. The second kappa shape index (κ2) is 7.65. The molecule has 0 spiro atoms. The summed E-state index contributed by atoms with van der Waals surface area (Å²) >= 11 is 4.81. The number of nitrogens with zero attached hydrogens (tertiary/aromatic N) is 1. The van der Waals surface area contributed by atoms with Crippen molar-refractivity contribution in [2.45, 2.75) is 20.3 Å². The summed E-state index contributed by atoms with van der Waals surface area (Å²) in [6, 6.07) is 0. The highest BCUT2D eigenvalue weighted by molar-refractivity contribution is 7.89. The van der Waals surface area contributed by atoms with Crippen molar-refractivity contribution < 1.29 is 17.9 Å². The SMILES string of the molecule is CCN(CC(C)C(N)=S)S(=O)(=O)CCC(=O)OC. The molecule has 8 heteroatoms. The van der Waals surface area contributed by atoms with Crippen molar-refractivity contribution in [2.75, 3.05) is 26.0 Å². The van der Waals surface area contributed by atoms with Crippen LogP contribution in [0.15, 0.2) is 0 Å². The maximum atomic E-state index is 12.0. The van der Waals surface area contributed by atoms with Crippen LogP contribution in [0, 0.1) is 5.92 Å². The van der Waals surface area contributed by atoms with Crippen molar-refractivity contribution in [1.29, 1.82) is 0 Å². The van der Waals surface area contributed by atoms with Crippen molar-refractivity contribution in [3.63, 3.8) is 0 Å². The Morgan fingerprint density at radius 3 is 2.44 bits per heavy atom. The Kier molecular flexibility index (Phi) is 7.34. The third kappa shape index (κ3) is 5.74. The molecular weight excluding hydrogens is 276 g/mol. The lowest BCUT2D eigenvalue weighted by atomic mass is 10.2. The van der Waals surface area contributed by atoms with Crippen molar-refractivity contribution in [1.82, 2.24) is 4.31 Å². The number of methoxy groups -OCH3 is 1. The number of carbonyl (C=O) groups is 1. The van der Waals surface area contributed by atoms with Crippen LogP contribution in [0.4, 0.5) is 0 Å². The summed E-state index contributed by atoms with van der Waals surface area (Å²) < 4.78 is 29.6. The highest BCUT2D eigenvalue weighted by Gasteiger charge is 2.24. The fourth-order valence-electron chi connectivity index (χ4n) is 1.28. The number of thiocarbonyl (C=S) groups is 1. The monoisotopic (exact) mass is 296 g/mol. The molecule has 6 nitrogen and oxygen atoms in total. The molecule has 0 saturated carbocycles. The van der Waals surface area contributed by atoms with E-state index in [0.29, 0.717) is 6.54 Å². The second-order valence-corrected chi connectivity index (χ2v) is 6.46. The van der Waals surface area contributed by atoms with E-state index in [0.717, 1.165) is 0 Å². The van der Waals surface area contributed by atoms with E-state index in [1.165, 1.54) is 11.4 Å². The van der Waals surface area contributed by atoms with Gasteiger partial charge >= 0.3 is 5.97 Å². The number of ether oxygens (including phenoxy) is 1. The zero-order valence-electron chi connectivity index (χ0n) is 10.9. The summed E-state index contributed by atoms with van der Waals surface area (Å²) in [7, 11) is -2.27. The standard InChI is InChI=1S/C10H20N2O4S2/c1-4-12(7-8(2)10(11)17)18(14,15)6-5-9(13)16-3/h8H,4-7H2,1-3H3,(H2,11,17). The molecule has 0 aliphatic heterocycles. The van der Waals surface area contributed by atoms with E-state index in [-0.39, 0.29) is 29.6 Å². The van der Waals surface area contributed by atoms with Gasteiger partial charge in [-0.25, -0.2) is 12.7 Å². The van der Waals surface area contributed by atoms with Gasteiger partial charge in [-0.1, -0.05) is 26.1 Å². The van der Waals surface area contributed by atoms with Crippen LogP contribution < -0.4 is 5.73 Å². The Balaban J connectivity index is 4.62. The molecule has 0 heterocycles. The lowest BCUT2D eigenvalue weighted by Crippen LogP contribution is -2.39. The summed E-state index contributed by atoms with van der Waals surface area (Å²) in [6.07, 6.45) is -0.156. The molecule has 106 valence electrons. The summed E-state index contributed by atoms with van der Waals surface area (Å²) in [6.45, 7) is 4.04. The molecule has 18 heavy (non-hydrogen) atoms. The van der Waals surface area contributed by atoms with Crippen molar-refractivity contribution in [3.8, 4) is 0 Å². The molecule has 0 radical (unpaired) electrons. The first-order chi connectivity index (χ1) is 8.24. The molecule has 0 aromatic carbocycles. The van der Waals surface area contributed by atoms with Gasteiger partial charge in [-0.2, -0.15) is 0 Å². The van der Waals surface area contributed by atoms with Gasteiger partial charge in [0.1, 0.15) is 0 Å².